The summed E-state index contributed by atoms with van der Waals surface area (Å²) in [4.78, 5) is 51.9. The van der Waals surface area contributed by atoms with Crippen molar-refractivity contribution in [1.82, 2.24) is 10.2 Å². The molecule has 0 saturated carbocycles. The van der Waals surface area contributed by atoms with Gasteiger partial charge < -0.3 is 4.74 Å². The molecule has 0 spiro atoms. The molecule has 0 aromatic carbocycles. The third kappa shape index (κ3) is 2.43. The molecule has 0 radical (unpaired) electrons. The number of amides is 2. The molecule has 2 saturated heterocycles. The quantitative estimate of drug-likeness (QED) is 0.475. The third-order valence-electron chi connectivity index (χ3n) is 5.49. The number of thiophene rings is 1. The minimum Gasteiger partial charge on any atom is -0.468 e. The Balaban J connectivity index is 2.12. The topological polar surface area (TPSA) is 92.8 Å². The predicted molar refractivity (Wildman–Crippen MR) is 94.6 cm³/mol. The molecule has 1 aromatic heterocycles. The lowest BCUT2D eigenvalue weighted by Crippen LogP contribution is -2.55. The first-order valence-corrected chi connectivity index (χ1v) is 9.51. The Labute approximate surface area is 155 Å². The average molecular weight is 378 g/mol. The van der Waals surface area contributed by atoms with Crippen LogP contribution in [0.2, 0.25) is 0 Å². The molecule has 2 aliphatic rings. The molecule has 3 heterocycles. The number of nitrogens with one attached hydrogen (secondary N) is 1. The Kier molecular flexibility index (Phi) is 4.74. The van der Waals surface area contributed by atoms with Crippen LogP contribution in [0.4, 0.5) is 0 Å². The summed E-state index contributed by atoms with van der Waals surface area (Å²) in [6.07, 6.45) is 0.317. The molecule has 2 aliphatic heterocycles. The van der Waals surface area contributed by atoms with Gasteiger partial charge in [-0.05, 0) is 37.3 Å². The van der Waals surface area contributed by atoms with Crippen molar-refractivity contribution in [3.8, 4) is 0 Å². The van der Waals surface area contributed by atoms with Gasteiger partial charge in [-0.15, -0.1) is 11.3 Å². The van der Waals surface area contributed by atoms with E-state index < -0.39 is 29.4 Å². The molecule has 26 heavy (non-hydrogen) atoms. The van der Waals surface area contributed by atoms with Crippen molar-refractivity contribution in [2.45, 2.75) is 38.8 Å². The summed E-state index contributed by atoms with van der Waals surface area (Å²) in [5.74, 6) is -2.72. The van der Waals surface area contributed by atoms with Crippen molar-refractivity contribution in [3.63, 3.8) is 0 Å². The number of methoxy groups -OCH3 is 1. The molecule has 1 aromatic rings. The number of rotatable bonds is 5. The summed E-state index contributed by atoms with van der Waals surface area (Å²) in [5.41, 5.74) is -0.507. The monoisotopic (exact) mass is 378 g/mol. The predicted octanol–water partition coefficient (Wildman–Crippen LogP) is 1.54. The number of fused-ring (bicyclic) bond motifs is 1. The number of nitrogens with zero attached hydrogens (tertiary/aromatic N) is 1. The van der Waals surface area contributed by atoms with E-state index in [4.69, 9.17) is 4.74 Å². The number of ketones is 1. The SMILES string of the molecule is CCN1C(=O)[C@H]2[C@@H](C1=O)[C@@](CC)(C(=O)OC)N[C@H]2c1csc(C(C)=O)c1. The van der Waals surface area contributed by atoms with Crippen LogP contribution in [0.1, 0.15) is 48.5 Å². The highest BCUT2D eigenvalue weighted by atomic mass is 32.1. The van der Waals surface area contributed by atoms with Crippen molar-refractivity contribution in [2.75, 3.05) is 13.7 Å². The second-order valence-electron chi connectivity index (χ2n) is 6.66. The number of likely N-dealkylation sites (tertiary alicyclic amines) is 1. The molecule has 7 nitrogen and oxygen atoms in total. The molecule has 3 rings (SSSR count). The van der Waals surface area contributed by atoms with E-state index in [1.807, 2.05) is 0 Å². The maximum atomic E-state index is 12.9. The fourth-order valence-corrected chi connectivity index (χ4v) is 5.05. The molecule has 0 unspecified atom stereocenters. The normalized spacial score (nSPS) is 30.6. The highest BCUT2D eigenvalue weighted by Gasteiger charge is 2.67. The lowest BCUT2D eigenvalue weighted by atomic mass is 9.78. The van der Waals surface area contributed by atoms with Crippen molar-refractivity contribution >= 4 is 34.9 Å². The Hall–Kier alpha value is -2.06. The maximum Gasteiger partial charge on any atom is 0.326 e. The molecule has 4 atom stereocenters. The van der Waals surface area contributed by atoms with Gasteiger partial charge in [-0.2, -0.15) is 0 Å². The molecular weight excluding hydrogens is 356 g/mol. The van der Waals surface area contributed by atoms with Gasteiger partial charge in [0.2, 0.25) is 11.8 Å². The fraction of sp³-hybridized carbons (Fsp3) is 0.556. The standard InChI is InChI=1S/C18H22N2O5S/c1-5-18(17(24)25-4)13-12(15(22)20(6-2)16(13)23)14(19-18)10-7-11(9(3)21)26-8-10/h7-8,12-14,19H,5-6H2,1-4H3/t12-,13-,14-,18-/m0/s1. The van der Waals surface area contributed by atoms with Crippen LogP contribution in [-0.4, -0.2) is 47.7 Å². The van der Waals surface area contributed by atoms with Gasteiger partial charge in [0.05, 0.1) is 23.8 Å². The van der Waals surface area contributed by atoms with Gasteiger partial charge in [0.15, 0.2) is 5.78 Å². The summed E-state index contributed by atoms with van der Waals surface area (Å²) >= 11 is 1.29. The van der Waals surface area contributed by atoms with Crippen LogP contribution in [0.15, 0.2) is 11.4 Å². The summed E-state index contributed by atoms with van der Waals surface area (Å²) < 4.78 is 4.98. The number of carbonyl (C=O) groups is 4. The van der Waals surface area contributed by atoms with Crippen LogP contribution in [-0.2, 0) is 19.1 Å². The van der Waals surface area contributed by atoms with Gasteiger partial charge in [-0.1, -0.05) is 6.92 Å². The second-order valence-corrected chi connectivity index (χ2v) is 7.57. The lowest BCUT2D eigenvalue weighted by Gasteiger charge is -2.31. The first kappa shape index (κ1) is 18.7. The zero-order chi connectivity index (χ0) is 19.2. The first-order chi connectivity index (χ1) is 12.3. The number of imide groups is 1. The zero-order valence-corrected chi connectivity index (χ0v) is 16.0. The van der Waals surface area contributed by atoms with Crippen LogP contribution in [0.5, 0.6) is 0 Å². The average Bonchev–Trinajstić information content (AvgIpc) is 3.29. The van der Waals surface area contributed by atoms with Crippen molar-refractivity contribution in [3.05, 3.63) is 21.9 Å². The maximum absolute atomic E-state index is 12.9. The van der Waals surface area contributed by atoms with E-state index in [2.05, 4.69) is 5.32 Å². The minimum atomic E-state index is -1.25. The Morgan fingerprint density at radius 2 is 2.00 bits per heavy atom. The van der Waals surface area contributed by atoms with Gasteiger partial charge in [0.25, 0.3) is 0 Å². The molecule has 2 amide bonds. The van der Waals surface area contributed by atoms with Gasteiger partial charge in [-0.3, -0.25) is 29.4 Å². The number of ether oxygens (including phenoxy) is 1. The van der Waals surface area contributed by atoms with Crippen LogP contribution >= 0.6 is 11.3 Å². The summed E-state index contributed by atoms with van der Waals surface area (Å²) in [6.45, 7) is 5.28. The van der Waals surface area contributed by atoms with E-state index in [9.17, 15) is 19.2 Å². The van der Waals surface area contributed by atoms with Gasteiger partial charge in [0.1, 0.15) is 5.54 Å². The van der Waals surface area contributed by atoms with Crippen molar-refractivity contribution in [1.29, 1.82) is 0 Å². The van der Waals surface area contributed by atoms with Crippen molar-refractivity contribution in [2.24, 2.45) is 11.8 Å². The first-order valence-electron chi connectivity index (χ1n) is 8.63. The van der Waals surface area contributed by atoms with Crippen LogP contribution in [0, 0.1) is 11.8 Å². The largest absolute Gasteiger partial charge is 0.468 e. The molecule has 0 bridgehead atoms. The smallest absolute Gasteiger partial charge is 0.326 e. The van der Waals surface area contributed by atoms with E-state index >= 15 is 0 Å². The molecule has 8 heteroatoms. The Bertz CT molecular complexity index is 788. The lowest BCUT2D eigenvalue weighted by molar-refractivity contribution is -0.154. The van der Waals surface area contributed by atoms with E-state index in [-0.39, 0.29) is 24.1 Å². The van der Waals surface area contributed by atoms with Gasteiger partial charge in [-0.25, -0.2) is 0 Å². The molecular formula is C18H22N2O5S. The molecule has 2 fully saturated rings. The van der Waals surface area contributed by atoms with Crippen LogP contribution in [0.3, 0.4) is 0 Å². The van der Waals surface area contributed by atoms with E-state index in [1.54, 1.807) is 25.3 Å². The third-order valence-corrected chi connectivity index (χ3v) is 6.54. The second kappa shape index (κ2) is 6.59. The molecule has 1 N–H and O–H groups in total. The highest BCUT2D eigenvalue weighted by molar-refractivity contribution is 7.12. The zero-order valence-electron chi connectivity index (χ0n) is 15.2. The number of Topliss-reactive ketones (excluding diaryl/α,β-unsaturated/α-hetero) is 1. The van der Waals surface area contributed by atoms with Gasteiger partial charge >= 0.3 is 5.97 Å². The molecule has 0 aliphatic carbocycles. The van der Waals surface area contributed by atoms with Crippen LogP contribution < -0.4 is 5.32 Å². The summed E-state index contributed by atoms with van der Waals surface area (Å²) in [6, 6.07) is 1.22. The highest BCUT2D eigenvalue weighted by Crippen LogP contribution is 2.50. The Morgan fingerprint density at radius 1 is 1.31 bits per heavy atom. The summed E-state index contributed by atoms with van der Waals surface area (Å²) in [7, 11) is 1.28. The number of esters is 1. The van der Waals surface area contributed by atoms with Gasteiger partial charge in [0, 0.05) is 12.6 Å². The minimum absolute atomic E-state index is 0.0606. The Morgan fingerprint density at radius 3 is 2.50 bits per heavy atom. The van der Waals surface area contributed by atoms with E-state index in [1.165, 1.54) is 30.3 Å². The number of carbonyl (C=O) groups excluding carboxylic acids is 4. The summed E-state index contributed by atoms with van der Waals surface area (Å²) in [5, 5.41) is 5.04. The van der Waals surface area contributed by atoms with E-state index in [0.29, 0.717) is 11.3 Å². The number of hydrogen-bond donors (Lipinski definition) is 1. The number of hydrogen-bond acceptors (Lipinski definition) is 7. The van der Waals surface area contributed by atoms with E-state index in [0.717, 1.165) is 5.56 Å². The van der Waals surface area contributed by atoms with Crippen LogP contribution in [0.25, 0.3) is 0 Å². The molecule has 140 valence electrons. The van der Waals surface area contributed by atoms with Crippen molar-refractivity contribution < 1.29 is 23.9 Å². The fourth-order valence-electron chi connectivity index (χ4n) is 4.20.